The number of Topliss-reactive ketones (excluding diaryl/α,β-unsaturated/α-hetero) is 1. The van der Waals surface area contributed by atoms with Gasteiger partial charge in [-0.25, -0.2) is 4.98 Å². The number of carbonyl (C=O) groups is 2. The maximum Gasteiger partial charge on any atom is 0.192 e. The SMILES string of the molecule is CC(=O)C=O.Cc1cccnc1N. The van der Waals surface area contributed by atoms with Crippen LogP contribution in [-0.2, 0) is 9.59 Å². The molecule has 0 aromatic carbocycles. The second-order valence-corrected chi connectivity index (χ2v) is 2.43. The number of aromatic nitrogens is 1. The number of carbonyl (C=O) groups excluding carboxylic acids is 2. The second kappa shape index (κ2) is 5.88. The van der Waals surface area contributed by atoms with Crippen LogP contribution in [0.4, 0.5) is 5.82 Å². The largest absolute Gasteiger partial charge is 0.383 e. The van der Waals surface area contributed by atoms with Gasteiger partial charge in [0.1, 0.15) is 5.82 Å². The molecule has 4 nitrogen and oxygen atoms in total. The Bertz CT molecular complexity index is 276. The highest BCUT2D eigenvalue weighted by molar-refractivity contribution is 6.23. The van der Waals surface area contributed by atoms with Crippen molar-refractivity contribution in [2.24, 2.45) is 0 Å². The summed E-state index contributed by atoms with van der Waals surface area (Å²) in [5.41, 5.74) is 6.44. The summed E-state index contributed by atoms with van der Waals surface area (Å²) < 4.78 is 0. The molecule has 0 amide bonds. The van der Waals surface area contributed by atoms with Crippen LogP contribution in [0.1, 0.15) is 12.5 Å². The Morgan fingerprint density at radius 3 is 2.38 bits per heavy atom. The van der Waals surface area contributed by atoms with Crippen molar-refractivity contribution in [1.82, 2.24) is 4.98 Å². The second-order valence-electron chi connectivity index (χ2n) is 2.43. The van der Waals surface area contributed by atoms with Gasteiger partial charge in [0.2, 0.25) is 0 Å². The van der Waals surface area contributed by atoms with Gasteiger partial charge in [0.05, 0.1) is 0 Å². The van der Waals surface area contributed by atoms with Gasteiger partial charge >= 0.3 is 0 Å². The van der Waals surface area contributed by atoms with E-state index in [0.717, 1.165) is 5.56 Å². The van der Waals surface area contributed by atoms with Crippen LogP contribution < -0.4 is 5.73 Å². The van der Waals surface area contributed by atoms with Crippen molar-refractivity contribution in [2.75, 3.05) is 5.73 Å². The van der Waals surface area contributed by atoms with Crippen LogP contribution in [-0.4, -0.2) is 17.1 Å². The maximum atomic E-state index is 9.44. The van der Waals surface area contributed by atoms with Crippen molar-refractivity contribution in [3.05, 3.63) is 23.9 Å². The highest BCUT2D eigenvalue weighted by Gasteiger charge is 1.86. The average molecular weight is 180 g/mol. The monoisotopic (exact) mass is 180 g/mol. The van der Waals surface area contributed by atoms with Crippen LogP contribution in [0.15, 0.2) is 18.3 Å². The van der Waals surface area contributed by atoms with Gasteiger partial charge in [0, 0.05) is 13.1 Å². The van der Waals surface area contributed by atoms with Gasteiger partial charge in [-0.2, -0.15) is 0 Å². The minimum Gasteiger partial charge on any atom is -0.383 e. The van der Waals surface area contributed by atoms with Gasteiger partial charge in [0.15, 0.2) is 12.1 Å². The molecule has 1 heterocycles. The first-order valence-corrected chi connectivity index (χ1v) is 3.70. The number of nitrogens with zero attached hydrogens (tertiary/aromatic N) is 1. The van der Waals surface area contributed by atoms with Crippen LogP contribution >= 0.6 is 0 Å². The molecule has 0 aliphatic carbocycles. The molecule has 1 aromatic rings. The third-order valence-corrected chi connectivity index (χ3v) is 1.22. The summed E-state index contributed by atoms with van der Waals surface area (Å²) >= 11 is 0. The predicted octanol–water partition coefficient (Wildman–Crippen LogP) is 0.747. The Kier molecular flexibility index (Phi) is 5.11. The third-order valence-electron chi connectivity index (χ3n) is 1.22. The molecular weight excluding hydrogens is 168 g/mol. The number of hydrogen-bond acceptors (Lipinski definition) is 4. The highest BCUT2D eigenvalue weighted by Crippen LogP contribution is 2.01. The first kappa shape index (κ1) is 11.3. The first-order chi connectivity index (χ1) is 6.07. The van der Waals surface area contributed by atoms with Crippen LogP contribution in [0.3, 0.4) is 0 Å². The lowest BCUT2D eigenvalue weighted by atomic mass is 10.3. The minimum atomic E-state index is -0.426. The molecule has 1 rings (SSSR count). The highest BCUT2D eigenvalue weighted by atomic mass is 16.2. The summed E-state index contributed by atoms with van der Waals surface area (Å²) in [4.78, 5) is 22.5. The molecule has 70 valence electrons. The van der Waals surface area contributed by atoms with Crippen molar-refractivity contribution in [1.29, 1.82) is 0 Å². The summed E-state index contributed by atoms with van der Waals surface area (Å²) in [6, 6.07) is 3.80. The molecule has 0 radical (unpaired) electrons. The van der Waals surface area contributed by atoms with Crippen LogP contribution in [0, 0.1) is 6.92 Å². The van der Waals surface area contributed by atoms with Crippen molar-refractivity contribution >= 4 is 17.9 Å². The normalized spacial score (nSPS) is 8.15. The predicted molar refractivity (Wildman–Crippen MR) is 50.1 cm³/mol. The molecule has 0 spiro atoms. The van der Waals surface area contributed by atoms with Gasteiger partial charge < -0.3 is 5.73 Å². The van der Waals surface area contributed by atoms with Gasteiger partial charge in [0.25, 0.3) is 0 Å². The van der Waals surface area contributed by atoms with Gasteiger partial charge in [-0.05, 0) is 18.6 Å². The van der Waals surface area contributed by atoms with E-state index < -0.39 is 5.78 Å². The van der Waals surface area contributed by atoms with E-state index in [1.165, 1.54) is 6.92 Å². The van der Waals surface area contributed by atoms with Gasteiger partial charge in [-0.15, -0.1) is 0 Å². The molecule has 0 atom stereocenters. The number of ketones is 1. The fourth-order valence-electron chi connectivity index (χ4n) is 0.498. The van der Waals surface area contributed by atoms with E-state index >= 15 is 0 Å². The molecule has 0 bridgehead atoms. The number of rotatable bonds is 1. The lowest BCUT2D eigenvalue weighted by Crippen LogP contribution is -1.90. The topological polar surface area (TPSA) is 73.0 Å². The maximum absolute atomic E-state index is 9.44. The molecule has 13 heavy (non-hydrogen) atoms. The lowest BCUT2D eigenvalue weighted by Gasteiger charge is -1.92. The minimum absolute atomic E-state index is 0.278. The molecule has 0 saturated heterocycles. The van der Waals surface area contributed by atoms with E-state index in [1.807, 2.05) is 19.1 Å². The van der Waals surface area contributed by atoms with Crippen molar-refractivity contribution in [3.63, 3.8) is 0 Å². The van der Waals surface area contributed by atoms with E-state index in [1.54, 1.807) is 6.20 Å². The Hall–Kier alpha value is -1.71. The van der Waals surface area contributed by atoms with E-state index in [2.05, 4.69) is 4.98 Å². The van der Waals surface area contributed by atoms with Gasteiger partial charge in [-0.1, -0.05) is 6.07 Å². The number of anilines is 1. The Labute approximate surface area is 76.8 Å². The smallest absolute Gasteiger partial charge is 0.192 e. The molecule has 0 fully saturated rings. The fourth-order valence-corrected chi connectivity index (χ4v) is 0.498. The molecular formula is C9H12N2O2. The zero-order chi connectivity index (χ0) is 10.3. The van der Waals surface area contributed by atoms with E-state index in [9.17, 15) is 4.79 Å². The summed E-state index contributed by atoms with van der Waals surface area (Å²) in [7, 11) is 0. The Balaban J connectivity index is 0.000000252. The fraction of sp³-hybridized carbons (Fsp3) is 0.222. The molecule has 0 unspecified atom stereocenters. The first-order valence-electron chi connectivity index (χ1n) is 3.70. The number of aldehydes is 1. The van der Waals surface area contributed by atoms with Crippen LogP contribution in [0.25, 0.3) is 0 Å². The number of pyridine rings is 1. The number of nitrogen functional groups attached to an aromatic ring is 1. The van der Waals surface area contributed by atoms with Crippen molar-refractivity contribution < 1.29 is 9.59 Å². The van der Waals surface area contributed by atoms with E-state index in [0.29, 0.717) is 5.82 Å². The molecule has 0 aliphatic heterocycles. The van der Waals surface area contributed by atoms with Crippen LogP contribution in [0.2, 0.25) is 0 Å². The zero-order valence-corrected chi connectivity index (χ0v) is 7.65. The van der Waals surface area contributed by atoms with Gasteiger partial charge in [-0.3, -0.25) is 9.59 Å². The number of hydrogen-bond donors (Lipinski definition) is 1. The molecule has 0 aliphatic rings. The number of nitrogens with two attached hydrogens (primary N) is 1. The average Bonchev–Trinajstić information content (AvgIpc) is 2.11. The van der Waals surface area contributed by atoms with Crippen LogP contribution in [0.5, 0.6) is 0 Å². The lowest BCUT2D eigenvalue weighted by molar-refractivity contribution is -0.128. The third kappa shape index (κ3) is 5.55. The molecule has 1 aromatic heterocycles. The molecule has 4 heteroatoms. The standard InChI is InChI=1S/C6H8N2.C3H4O2/c1-5-3-2-4-8-6(5)7;1-3(5)2-4/h2-4H,1H3,(H2,7,8);2H,1H3. The van der Waals surface area contributed by atoms with Crippen molar-refractivity contribution in [2.45, 2.75) is 13.8 Å². The Morgan fingerprint density at radius 2 is 2.15 bits per heavy atom. The molecule has 0 saturated carbocycles. The summed E-state index contributed by atoms with van der Waals surface area (Å²) in [5.74, 6) is 0.192. The molecule has 2 N–H and O–H groups in total. The zero-order valence-electron chi connectivity index (χ0n) is 7.65. The number of aryl methyl sites for hydroxylation is 1. The van der Waals surface area contributed by atoms with E-state index in [-0.39, 0.29) is 6.29 Å². The quantitative estimate of drug-likeness (QED) is 0.511. The summed E-state index contributed by atoms with van der Waals surface area (Å²) in [6.45, 7) is 3.15. The summed E-state index contributed by atoms with van der Waals surface area (Å²) in [6.07, 6.45) is 1.96. The summed E-state index contributed by atoms with van der Waals surface area (Å²) in [5, 5.41) is 0. The Morgan fingerprint density at radius 1 is 1.62 bits per heavy atom. The van der Waals surface area contributed by atoms with E-state index in [4.69, 9.17) is 10.5 Å². The van der Waals surface area contributed by atoms with Crippen molar-refractivity contribution in [3.8, 4) is 0 Å².